The van der Waals surface area contributed by atoms with Crippen LogP contribution >= 0.6 is 0 Å². The number of hydrogen-bond acceptors (Lipinski definition) is 0. The fourth-order valence-electron chi connectivity index (χ4n) is 2.17. The van der Waals surface area contributed by atoms with Gasteiger partial charge in [0.05, 0.1) is 0 Å². The van der Waals surface area contributed by atoms with E-state index in [1.165, 1.54) is 11.1 Å². The van der Waals surface area contributed by atoms with Crippen LogP contribution in [0.1, 0.15) is 54.4 Å². The molecule has 17 heavy (non-hydrogen) atoms. The second-order valence-corrected chi connectivity index (χ2v) is 6.33. The van der Waals surface area contributed by atoms with E-state index in [1.54, 1.807) is 0 Å². The van der Waals surface area contributed by atoms with Crippen LogP contribution in [-0.2, 0) is 0 Å². The summed E-state index contributed by atoms with van der Waals surface area (Å²) in [5.41, 5.74) is 2.58. The van der Waals surface area contributed by atoms with Crippen molar-refractivity contribution in [2.24, 2.45) is 11.8 Å². The number of allylic oxidation sites excluding steroid dienone is 2. The molecule has 97 valence electrons. The second kappa shape index (κ2) is 7.79. The Balaban J connectivity index is 4.55. The highest BCUT2D eigenvalue weighted by Gasteiger charge is 2.23. The molecule has 0 heterocycles. The zero-order valence-corrected chi connectivity index (χ0v) is 12.7. The van der Waals surface area contributed by atoms with E-state index < -0.39 is 0 Å². The molecule has 0 rings (SSSR count). The number of hydrogen-bond donors (Lipinski definition) is 0. The molecule has 0 aliphatic rings. The molecule has 2 atom stereocenters. The molecular formula is C16H30B. The minimum Gasteiger partial charge on any atom is -0.100 e. The molecule has 2 unspecified atom stereocenters. The summed E-state index contributed by atoms with van der Waals surface area (Å²) in [5.74, 6) is 2.69. The molecule has 0 bridgehead atoms. The fourth-order valence-corrected chi connectivity index (χ4v) is 2.17. The Morgan fingerprint density at radius 1 is 0.824 bits per heavy atom. The molecule has 0 aromatic heterocycles. The molecule has 0 saturated carbocycles. The van der Waals surface area contributed by atoms with Crippen LogP contribution in [0, 0.1) is 11.8 Å². The number of rotatable bonds is 8. The summed E-state index contributed by atoms with van der Waals surface area (Å²) < 4.78 is 0. The molecule has 1 heteroatoms. The maximum absolute atomic E-state index is 4.05. The van der Waals surface area contributed by atoms with Gasteiger partial charge in [0.2, 0.25) is 0 Å². The maximum Gasteiger partial charge on any atom is 0.119 e. The monoisotopic (exact) mass is 233 g/mol. The molecule has 0 nitrogen and oxygen atoms in total. The van der Waals surface area contributed by atoms with Crippen molar-refractivity contribution in [1.82, 2.24) is 0 Å². The third kappa shape index (κ3) is 7.47. The van der Waals surface area contributed by atoms with E-state index in [0.717, 1.165) is 12.8 Å². The van der Waals surface area contributed by atoms with Crippen LogP contribution in [0.25, 0.3) is 0 Å². The van der Waals surface area contributed by atoms with Crippen LogP contribution in [-0.4, -0.2) is 7.28 Å². The fraction of sp³-hybridized carbons (Fsp3) is 0.750. The van der Waals surface area contributed by atoms with Crippen LogP contribution in [0.4, 0.5) is 0 Å². The Kier molecular flexibility index (Phi) is 7.58. The van der Waals surface area contributed by atoms with Gasteiger partial charge in [-0.3, -0.25) is 0 Å². The Labute approximate surface area is 110 Å². The van der Waals surface area contributed by atoms with Crippen molar-refractivity contribution in [3.05, 3.63) is 24.3 Å². The smallest absolute Gasteiger partial charge is 0.100 e. The van der Waals surface area contributed by atoms with Gasteiger partial charge in [-0.15, -0.1) is 13.2 Å². The van der Waals surface area contributed by atoms with Gasteiger partial charge in [0.25, 0.3) is 0 Å². The molecule has 0 spiro atoms. The average molecular weight is 233 g/mol. The second-order valence-electron chi connectivity index (χ2n) is 6.33. The van der Waals surface area contributed by atoms with E-state index in [4.69, 9.17) is 0 Å². The SMILES string of the molecule is C=C(C)CC([B]C(CC(=C)C)C(C)C)C(C)C. The minimum absolute atomic E-state index is 0.652. The summed E-state index contributed by atoms with van der Waals surface area (Å²) in [6, 6.07) is 0. The zero-order valence-electron chi connectivity index (χ0n) is 12.7. The first kappa shape index (κ1) is 16.5. The van der Waals surface area contributed by atoms with Gasteiger partial charge in [-0.2, -0.15) is 0 Å². The lowest BCUT2D eigenvalue weighted by Crippen LogP contribution is -2.20. The standard InChI is InChI=1S/C16H30B/c1-11(2)9-15(13(5)6)17-16(14(7)8)10-12(3)4/h13-16H,1,3,9-10H2,2,4-8H3. The summed E-state index contributed by atoms with van der Waals surface area (Å²) in [5, 5.41) is 0. The van der Waals surface area contributed by atoms with E-state index in [9.17, 15) is 0 Å². The highest BCUT2D eigenvalue weighted by atomic mass is 14.2. The maximum atomic E-state index is 4.05. The summed E-state index contributed by atoms with van der Waals surface area (Å²) >= 11 is 0. The highest BCUT2D eigenvalue weighted by Crippen LogP contribution is 2.34. The summed E-state index contributed by atoms with van der Waals surface area (Å²) in [6.07, 6.45) is 2.24. The Hall–Kier alpha value is -0.455. The average Bonchev–Trinajstić information content (AvgIpc) is 2.13. The van der Waals surface area contributed by atoms with Crippen molar-refractivity contribution < 1.29 is 0 Å². The summed E-state index contributed by atoms with van der Waals surface area (Å²) in [7, 11) is 2.55. The van der Waals surface area contributed by atoms with Crippen LogP contribution in [0.15, 0.2) is 24.3 Å². The molecule has 0 aromatic carbocycles. The van der Waals surface area contributed by atoms with E-state index in [-0.39, 0.29) is 0 Å². The minimum atomic E-state index is 0.652. The Bertz CT molecular complexity index is 224. The van der Waals surface area contributed by atoms with Crippen molar-refractivity contribution >= 4 is 7.28 Å². The van der Waals surface area contributed by atoms with Crippen LogP contribution in [0.3, 0.4) is 0 Å². The Morgan fingerprint density at radius 3 is 1.29 bits per heavy atom. The van der Waals surface area contributed by atoms with Gasteiger partial charge in [0, 0.05) is 0 Å². The molecule has 0 aliphatic heterocycles. The molecule has 0 N–H and O–H groups in total. The molecule has 0 amide bonds. The zero-order chi connectivity index (χ0) is 13.6. The first-order valence-electron chi connectivity index (χ1n) is 6.87. The first-order valence-corrected chi connectivity index (χ1v) is 6.87. The van der Waals surface area contributed by atoms with Gasteiger partial charge < -0.3 is 0 Å². The quantitative estimate of drug-likeness (QED) is 0.383. The van der Waals surface area contributed by atoms with Gasteiger partial charge in [-0.05, 0) is 26.7 Å². The van der Waals surface area contributed by atoms with Crippen molar-refractivity contribution in [3.63, 3.8) is 0 Å². The molecule has 1 radical (unpaired) electrons. The van der Waals surface area contributed by atoms with E-state index in [1.807, 2.05) is 0 Å². The lowest BCUT2D eigenvalue weighted by molar-refractivity contribution is 0.533. The predicted molar refractivity (Wildman–Crippen MR) is 81.8 cm³/mol. The van der Waals surface area contributed by atoms with E-state index in [2.05, 4.69) is 62.0 Å². The van der Waals surface area contributed by atoms with Crippen molar-refractivity contribution in [3.8, 4) is 0 Å². The van der Waals surface area contributed by atoms with Gasteiger partial charge in [-0.25, -0.2) is 0 Å². The van der Waals surface area contributed by atoms with Gasteiger partial charge in [-0.1, -0.05) is 62.3 Å². The van der Waals surface area contributed by atoms with Crippen LogP contribution in [0.5, 0.6) is 0 Å². The van der Waals surface area contributed by atoms with E-state index >= 15 is 0 Å². The largest absolute Gasteiger partial charge is 0.119 e. The first-order chi connectivity index (χ1) is 7.73. The van der Waals surface area contributed by atoms with Gasteiger partial charge in [0.15, 0.2) is 0 Å². The van der Waals surface area contributed by atoms with Gasteiger partial charge >= 0.3 is 0 Å². The molecule has 0 fully saturated rings. The van der Waals surface area contributed by atoms with Crippen molar-refractivity contribution in [2.45, 2.75) is 66.0 Å². The lowest BCUT2D eigenvalue weighted by Gasteiger charge is -2.28. The van der Waals surface area contributed by atoms with Crippen LogP contribution < -0.4 is 0 Å². The normalized spacial score (nSPS) is 14.8. The van der Waals surface area contributed by atoms with E-state index in [0.29, 0.717) is 23.5 Å². The van der Waals surface area contributed by atoms with Gasteiger partial charge in [0.1, 0.15) is 7.28 Å². The summed E-state index contributed by atoms with van der Waals surface area (Å²) in [6.45, 7) is 21.6. The van der Waals surface area contributed by atoms with Crippen molar-refractivity contribution in [1.29, 1.82) is 0 Å². The lowest BCUT2D eigenvalue weighted by atomic mass is 9.47. The summed E-state index contributed by atoms with van der Waals surface area (Å²) in [4.78, 5) is 0. The van der Waals surface area contributed by atoms with Crippen molar-refractivity contribution in [2.75, 3.05) is 0 Å². The predicted octanol–water partition coefficient (Wildman–Crippen LogP) is 5.51. The highest BCUT2D eigenvalue weighted by molar-refractivity contribution is 6.40. The third-order valence-corrected chi connectivity index (χ3v) is 3.38. The topological polar surface area (TPSA) is 0 Å². The Morgan fingerprint density at radius 2 is 1.12 bits per heavy atom. The molecular weight excluding hydrogens is 203 g/mol. The molecule has 0 aliphatic carbocycles. The van der Waals surface area contributed by atoms with Crippen LogP contribution in [0.2, 0.25) is 11.6 Å². The third-order valence-electron chi connectivity index (χ3n) is 3.38. The molecule has 0 saturated heterocycles. The molecule has 0 aromatic rings.